The van der Waals surface area contributed by atoms with Crippen LogP contribution in [0.4, 0.5) is 0 Å². The van der Waals surface area contributed by atoms with Gasteiger partial charge in [-0.3, -0.25) is 19.4 Å². The van der Waals surface area contributed by atoms with E-state index < -0.39 is 34.4 Å². The van der Waals surface area contributed by atoms with E-state index in [1.807, 2.05) is 0 Å². The van der Waals surface area contributed by atoms with Crippen LogP contribution in [0.5, 0.6) is 0 Å². The van der Waals surface area contributed by atoms with Crippen LogP contribution in [0.2, 0.25) is 15.1 Å². The van der Waals surface area contributed by atoms with Gasteiger partial charge in [0, 0.05) is 31.2 Å². The standard InChI is InChI=1S/C21H24Cl3N7O5S2/c22-12-8-14(24)16(9-13(12)23)38(35,36)31-6-5-30(18(33)11-31)10-17(32)29-15(2-1-3-28-21(25)26)19(34)20-27-4-7-37-20/h4,7-9,15H,1-3,5-6,10-11H2,(H,29,32)(H4,25,26,28). The predicted molar refractivity (Wildman–Crippen MR) is 145 cm³/mol. The van der Waals surface area contributed by atoms with Crippen molar-refractivity contribution in [2.24, 2.45) is 16.5 Å². The lowest BCUT2D eigenvalue weighted by atomic mass is 10.1. The van der Waals surface area contributed by atoms with Crippen LogP contribution in [0.1, 0.15) is 22.6 Å². The number of hydrogen-bond acceptors (Lipinski definition) is 8. The van der Waals surface area contributed by atoms with E-state index >= 15 is 0 Å². The van der Waals surface area contributed by atoms with Gasteiger partial charge in [-0.15, -0.1) is 11.3 Å². The summed E-state index contributed by atoms with van der Waals surface area (Å²) in [5.41, 5.74) is 10.6. The van der Waals surface area contributed by atoms with Crippen LogP contribution in [0, 0.1) is 0 Å². The van der Waals surface area contributed by atoms with E-state index in [0.29, 0.717) is 6.42 Å². The molecule has 5 N–H and O–H groups in total. The number of nitrogens with zero attached hydrogens (tertiary/aromatic N) is 4. The lowest BCUT2D eigenvalue weighted by molar-refractivity contribution is -0.138. The van der Waals surface area contributed by atoms with Gasteiger partial charge < -0.3 is 21.7 Å². The molecule has 1 unspecified atom stereocenters. The smallest absolute Gasteiger partial charge is 0.245 e. The van der Waals surface area contributed by atoms with Crippen molar-refractivity contribution in [1.82, 2.24) is 19.5 Å². The molecule has 1 aliphatic rings. The third-order valence-corrected chi connectivity index (χ3v) is 9.27. The van der Waals surface area contributed by atoms with E-state index in [1.54, 1.807) is 5.38 Å². The number of hydrogen-bond donors (Lipinski definition) is 3. The number of sulfonamides is 1. The molecule has 1 atom stereocenters. The maximum atomic E-state index is 13.1. The number of nitrogens with two attached hydrogens (primary N) is 2. The molecule has 0 spiro atoms. The first kappa shape index (κ1) is 30.1. The van der Waals surface area contributed by atoms with Crippen LogP contribution < -0.4 is 16.8 Å². The highest BCUT2D eigenvalue weighted by atomic mass is 35.5. The molecule has 1 fully saturated rings. The first-order valence-electron chi connectivity index (χ1n) is 11.1. The molecular formula is C21H24Cl3N7O5S2. The normalized spacial score (nSPS) is 15.2. The highest BCUT2D eigenvalue weighted by Gasteiger charge is 2.35. The van der Waals surface area contributed by atoms with Crippen LogP contribution in [-0.2, 0) is 19.6 Å². The van der Waals surface area contributed by atoms with E-state index in [9.17, 15) is 22.8 Å². The number of rotatable bonds is 11. The zero-order valence-electron chi connectivity index (χ0n) is 19.8. The number of aliphatic imine (C=N–C) groups is 1. The molecule has 2 amide bonds. The number of carbonyl (C=O) groups excluding carboxylic acids is 3. The molecule has 0 aliphatic carbocycles. The SMILES string of the molecule is NC(N)=NCCCC(NC(=O)CN1CCN(S(=O)(=O)c2cc(Cl)c(Cl)cc2Cl)CC1=O)C(=O)c1nccs1. The fraction of sp³-hybridized carbons (Fsp3) is 0.381. The van der Waals surface area contributed by atoms with Gasteiger partial charge in [0.2, 0.25) is 27.6 Å². The second-order valence-electron chi connectivity index (χ2n) is 8.12. The zero-order valence-corrected chi connectivity index (χ0v) is 23.7. The number of benzene rings is 1. The Morgan fingerprint density at radius 3 is 2.50 bits per heavy atom. The molecule has 206 valence electrons. The number of nitrogens with one attached hydrogen (secondary N) is 1. The van der Waals surface area contributed by atoms with Gasteiger partial charge in [0.25, 0.3) is 0 Å². The number of amides is 2. The summed E-state index contributed by atoms with van der Waals surface area (Å²) in [6.45, 7) is -0.752. The Balaban J connectivity index is 1.63. The monoisotopic (exact) mass is 623 g/mol. The van der Waals surface area contributed by atoms with Gasteiger partial charge in [-0.05, 0) is 25.0 Å². The van der Waals surface area contributed by atoms with Crippen molar-refractivity contribution in [1.29, 1.82) is 0 Å². The molecule has 12 nitrogen and oxygen atoms in total. The molecule has 1 saturated heterocycles. The first-order valence-corrected chi connectivity index (χ1v) is 14.6. The van der Waals surface area contributed by atoms with Gasteiger partial charge in [-0.25, -0.2) is 13.4 Å². The quantitative estimate of drug-likeness (QED) is 0.110. The average molecular weight is 625 g/mol. The molecule has 0 radical (unpaired) electrons. The van der Waals surface area contributed by atoms with Crippen LogP contribution in [0.25, 0.3) is 0 Å². The molecular weight excluding hydrogens is 601 g/mol. The Labute approximate surface area is 238 Å². The zero-order chi connectivity index (χ0) is 28.0. The summed E-state index contributed by atoms with van der Waals surface area (Å²) in [5, 5.41) is 4.47. The van der Waals surface area contributed by atoms with Crippen molar-refractivity contribution in [2.75, 3.05) is 32.7 Å². The van der Waals surface area contributed by atoms with E-state index in [0.717, 1.165) is 21.7 Å². The molecule has 3 rings (SSSR count). The second kappa shape index (κ2) is 13.0. The number of aromatic nitrogens is 1. The van der Waals surface area contributed by atoms with Crippen molar-refractivity contribution >= 4 is 79.7 Å². The molecule has 38 heavy (non-hydrogen) atoms. The summed E-state index contributed by atoms with van der Waals surface area (Å²) >= 11 is 19.0. The Morgan fingerprint density at radius 1 is 1.16 bits per heavy atom. The molecule has 2 heterocycles. The summed E-state index contributed by atoms with van der Waals surface area (Å²) in [4.78, 5) is 47.2. The van der Waals surface area contributed by atoms with E-state index in [4.69, 9.17) is 46.3 Å². The molecule has 0 bridgehead atoms. The Morgan fingerprint density at radius 2 is 1.87 bits per heavy atom. The number of carbonyl (C=O) groups is 3. The molecule has 1 aliphatic heterocycles. The van der Waals surface area contributed by atoms with Crippen LogP contribution in [-0.4, -0.2) is 84.9 Å². The summed E-state index contributed by atoms with van der Waals surface area (Å²) in [6.07, 6.45) is 2.13. The third-order valence-electron chi connectivity index (χ3n) is 5.45. The minimum atomic E-state index is -4.16. The van der Waals surface area contributed by atoms with Crippen LogP contribution >= 0.6 is 46.1 Å². The Hall–Kier alpha value is -2.49. The number of ketones is 1. The predicted octanol–water partition coefficient (Wildman–Crippen LogP) is 1.36. The lowest BCUT2D eigenvalue weighted by Crippen LogP contribution is -2.55. The Kier molecular flexibility index (Phi) is 10.3. The highest BCUT2D eigenvalue weighted by molar-refractivity contribution is 7.89. The number of Topliss-reactive ketones (excluding diaryl/α,β-unsaturated/α-hetero) is 1. The van der Waals surface area contributed by atoms with Gasteiger partial charge in [-0.2, -0.15) is 4.31 Å². The number of guanidine groups is 1. The van der Waals surface area contributed by atoms with Crippen molar-refractivity contribution < 1.29 is 22.8 Å². The van der Waals surface area contributed by atoms with E-state index in [1.165, 1.54) is 17.2 Å². The second-order valence-corrected chi connectivity index (χ2v) is 12.1. The topological polar surface area (TPSA) is 181 Å². The highest BCUT2D eigenvalue weighted by Crippen LogP contribution is 2.33. The summed E-state index contributed by atoms with van der Waals surface area (Å²) in [6, 6.07) is 1.43. The van der Waals surface area contributed by atoms with Crippen molar-refractivity contribution in [3.63, 3.8) is 0 Å². The Bertz CT molecular complexity index is 1330. The molecule has 1 aromatic carbocycles. The third kappa shape index (κ3) is 7.55. The largest absolute Gasteiger partial charge is 0.370 e. The van der Waals surface area contributed by atoms with Crippen molar-refractivity contribution in [2.45, 2.75) is 23.8 Å². The minimum Gasteiger partial charge on any atom is -0.370 e. The van der Waals surface area contributed by atoms with Gasteiger partial charge in [-0.1, -0.05) is 34.8 Å². The van der Waals surface area contributed by atoms with Crippen molar-refractivity contribution in [3.05, 3.63) is 43.8 Å². The van der Waals surface area contributed by atoms with Gasteiger partial charge >= 0.3 is 0 Å². The number of thiazole rings is 1. The van der Waals surface area contributed by atoms with Crippen LogP contribution in [0.15, 0.2) is 33.6 Å². The molecule has 1 aromatic heterocycles. The maximum absolute atomic E-state index is 13.1. The first-order chi connectivity index (χ1) is 17.9. The molecule has 2 aromatic rings. The minimum absolute atomic E-state index is 0.00331. The fourth-order valence-electron chi connectivity index (χ4n) is 3.58. The maximum Gasteiger partial charge on any atom is 0.245 e. The van der Waals surface area contributed by atoms with Gasteiger partial charge in [0.15, 0.2) is 11.0 Å². The van der Waals surface area contributed by atoms with Crippen LogP contribution in [0.3, 0.4) is 0 Å². The lowest BCUT2D eigenvalue weighted by Gasteiger charge is -2.33. The summed E-state index contributed by atoms with van der Waals surface area (Å²) < 4.78 is 27.1. The summed E-state index contributed by atoms with van der Waals surface area (Å²) in [5.74, 6) is -1.64. The van der Waals surface area contributed by atoms with Crippen molar-refractivity contribution in [3.8, 4) is 0 Å². The average Bonchev–Trinajstić information content (AvgIpc) is 3.39. The number of piperazine rings is 1. The fourth-order valence-corrected chi connectivity index (χ4v) is 6.57. The molecule has 0 saturated carbocycles. The molecule has 17 heteroatoms. The van der Waals surface area contributed by atoms with E-state index in [2.05, 4.69) is 15.3 Å². The van der Waals surface area contributed by atoms with Gasteiger partial charge in [0.05, 0.1) is 34.2 Å². The summed E-state index contributed by atoms with van der Waals surface area (Å²) in [7, 11) is -4.16. The number of halogens is 3. The van der Waals surface area contributed by atoms with E-state index in [-0.39, 0.29) is 69.3 Å². The van der Waals surface area contributed by atoms with Gasteiger partial charge in [0.1, 0.15) is 4.90 Å².